The number of nitrogens with two attached hydrogens (primary N) is 1. The second-order valence-electron chi connectivity index (χ2n) is 3.59. The van der Waals surface area contributed by atoms with Gasteiger partial charge in [0.25, 0.3) is 0 Å². The molecule has 0 aliphatic heterocycles. The minimum atomic E-state index is -0.290. The number of rotatable bonds is 4. The summed E-state index contributed by atoms with van der Waals surface area (Å²) >= 11 is 3.16. The third kappa shape index (κ3) is 2.41. The van der Waals surface area contributed by atoms with Crippen molar-refractivity contribution in [2.24, 2.45) is 0 Å². The van der Waals surface area contributed by atoms with E-state index >= 15 is 0 Å². The first-order chi connectivity index (χ1) is 8.63. The van der Waals surface area contributed by atoms with Crippen molar-refractivity contribution in [2.45, 2.75) is 6.92 Å². The third-order valence-electron chi connectivity index (χ3n) is 2.38. The zero-order valence-corrected chi connectivity index (χ0v) is 11.4. The molecule has 0 unspecified atom stereocenters. The normalized spacial score (nSPS) is 10.3. The van der Waals surface area contributed by atoms with Crippen LogP contribution in [0.1, 0.15) is 23.0 Å². The van der Waals surface area contributed by atoms with Crippen LogP contribution in [0, 0.1) is 0 Å². The van der Waals surface area contributed by atoms with E-state index < -0.39 is 0 Å². The summed E-state index contributed by atoms with van der Waals surface area (Å²) in [5.74, 6) is 0.401. The maximum atomic E-state index is 12.3. The van der Waals surface area contributed by atoms with E-state index in [2.05, 4.69) is 15.9 Å². The van der Waals surface area contributed by atoms with Crippen molar-refractivity contribution in [2.75, 3.05) is 12.3 Å². The summed E-state index contributed by atoms with van der Waals surface area (Å²) < 4.78 is 11.2. The van der Waals surface area contributed by atoms with E-state index in [0.29, 0.717) is 28.3 Å². The Labute approximate surface area is 113 Å². The fraction of sp³-hybridized carbons (Fsp3) is 0.154. The zero-order chi connectivity index (χ0) is 13.1. The summed E-state index contributed by atoms with van der Waals surface area (Å²) in [6, 6.07) is 8.37. The minimum Gasteiger partial charge on any atom is -0.493 e. The monoisotopic (exact) mass is 309 g/mol. The number of benzene rings is 1. The van der Waals surface area contributed by atoms with Crippen LogP contribution in [0.15, 0.2) is 39.4 Å². The Bertz CT molecular complexity index is 577. The lowest BCUT2D eigenvalue weighted by Gasteiger charge is -2.10. The molecule has 0 saturated carbocycles. The second-order valence-corrected chi connectivity index (χ2v) is 4.37. The Hall–Kier alpha value is -1.75. The lowest BCUT2D eigenvalue weighted by molar-refractivity contribution is 0.100. The van der Waals surface area contributed by atoms with Crippen molar-refractivity contribution in [3.63, 3.8) is 0 Å². The molecule has 0 spiro atoms. The van der Waals surface area contributed by atoms with Crippen LogP contribution in [0.5, 0.6) is 5.75 Å². The Morgan fingerprint density at radius 2 is 2.17 bits per heavy atom. The molecule has 0 amide bonds. The predicted molar refractivity (Wildman–Crippen MR) is 71.9 cm³/mol. The van der Waals surface area contributed by atoms with E-state index in [1.54, 1.807) is 30.3 Å². The highest BCUT2D eigenvalue weighted by molar-refractivity contribution is 9.10. The Kier molecular flexibility index (Phi) is 3.72. The van der Waals surface area contributed by atoms with Gasteiger partial charge >= 0.3 is 0 Å². The number of halogens is 1. The molecule has 0 saturated heterocycles. The van der Waals surface area contributed by atoms with Crippen molar-refractivity contribution in [1.82, 2.24) is 0 Å². The minimum absolute atomic E-state index is 0.223. The molecule has 2 N–H and O–H groups in total. The van der Waals surface area contributed by atoms with Gasteiger partial charge in [0, 0.05) is 5.69 Å². The molecule has 4 nitrogen and oxygen atoms in total. The van der Waals surface area contributed by atoms with Crippen LogP contribution in [0.2, 0.25) is 0 Å². The molecule has 18 heavy (non-hydrogen) atoms. The molecule has 0 bridgehead atoms. The summed E-state index contributed by atoms with van der Waals surface area (Å²) in [7, 11) is 0. The van der Waals surface area contributed by atoms with Crippen LogP contribution in [0.3, 0.4) is 0 Å². The highest BCUT2D eigenvalue weighted by Gasteiger charge is 2.20. The molecule has 1 aromatic heterocycles. The van der Waals surface area contributed by atoms with Crippen molar-refractivity contribution in [1.29, 1.82) is 0 Å². The van der Waals surface area contributed by atoms with E-state index in [1.165, 1.54) is 0 Å². The van der Waals surface area contributed by atoms with Crippen molar-refractivity contribution in [3.05, 3.63) is 46.3 Å². The summed E-state index contributed by atoms with van der Waals surface area (Å²) in [4.78, 5) is 12.3. The summed E-state index contributed by atoms with van der Waals surface area (Å²) in [5, 5.41) is 0. The van der Waals surface area contributed by atoms with Gasteiger partial charge in [-0.3, -0.25) is 4.79 Å². The van der Waals surface area contributed by atoms with Gasteiger partial charge in [-0.2, -0.15) is 0 Å². The number of carbonyl (C=O) groups excluding carboxylic acids is 1. The van der Waals surface area contributed by atoms with E-state index in [4.69, 9.17) is 14.9 Å². The van der Waals surface area contributed by atoms with Gasteiger partial charge < -0.3 is 14.9 Å². The average molecular weight is 310 g/mol. The first-order valence-electron chi connectivity index (χ1n) is 5.44. The van der Waals surface area contributed by atoms with Crippen LogP contribution >= 0.6 is 15.9 Å². The standard InChI is InChI=1S/C13H12BrNO3/c1-2-17-9-5-3-4-8(15)12(9)13(16)10-6-7-11(14)18-10/h3-7H,2,15H2,1H3. The van der Waals surface area contributed by atoms with Crippen LogP contribution < -0.4 is 10.5 Å². The van der Waals surface area contributed by atoms with Crippen molar-refractivity contribution < 1.29 is 13.9 Å². The van der Waals surface area contributed by atoms with E-state index in [0.717, 1.165) is 0 Å². The zero-order valence-electron chi connectivity index (χ0n) is 9.77. The topological polar surface area (TPSA) is 65.5 Å². The van der Waals surface area contributed by atoms with Gasteiger partial charge in [-0.1, -0.05) is 6.07 Å². The number of hydrogen-bond acceptors (Lipinski definition) is 4. The van der Waals surface area contributed by atoms with Gasteiger partial charge in [-0.05, 0) is 47.1 Å². The number of furan rings is 1. The fourth-order valence-electron chi connectivity index (χ4n) is 1.63. The quantitative estimate of drug-likeness (QED) is 0.695. The molecule has 1 heterocycles. The number of nitrogen functional groups attached to an aromatic ring is 1. The van der Waals surface area contributed by atoms with Crippen molar-refractivity contribution in [3.8, 4) is 5.75 Å². The number of anilines is 1. The van der Waals surface area contributed by atoms with Crippen LogP contribution in [-0.4, -0.2) is 12.4 Å². The van der Waals surface area contributed by atoms with Gasteiger partial charge in [0.05, 0.1) is 12.2 Å². The molecule has 2 aromatic rings. The first-order valence-corrected chi connectivity index (χ1v) is 6.24. The van der Waals surface area contributed by atoms with E-state index in [9.17, 15) is 4.79 Å². The van der Waals surface area contributed by atoms with Crippen molar-refractivity contribution >= 4 is 27.4 Å². The molecule has 0 aliphatic rings. The molecule has 5 heteroatoms. The molecule has 0 aliphatic carbocycles. The number of carbonyl (C=O) groups is 1. The SMILES string of the molecule is CCOc1cccc(N)c1C(=O)c1ccc(Br)o1. The van der Waals surface area contributed by atoms with Gasteiger partial charge in [-0.15, -0.1) is 0 Å². The molecule has 0 radical (unpaired) electrons. The molecule has 0 fully saturated rings. The number of ether oxygens (including phenoxy) is 1. The third-order valence-corrected chi connectivity index (χ3v) is 2.81. The first kappa shape index (κ1) is 12.7. The van der Waals surface area contributed by atoms with Gasteiger partial charge in [0.15, 0.2) is 10.4 Å². The summed E-state index contributed by atoms with van der Waals surface area (Å²) in [6.07, 6.45) is 0. The molecule has 1 aromatic carbocycles. The highest BCUT2D eigenvalue weighted by atomic mass is 79.9. The Morgan fingerprint density at radius 1 is 1.39 bits per heavy atom. The second kappa shape index (κ2) is 5.27. The lowest BCUT2D eigenvalue weighted by atomic mass is 10.1. The molecule has 0 atom stereocenters. The average Bonchev–Trinajstić information content (AvgIpc) is 2.76. The van der Waals surface area contributed by atoms with Gasteiger partial charge in [-0.25, -0.2) is 0 Å². The lowest BCUT2D eigenvalue weighted by Crippen LogP contribution is -2.08. The van der Waals surface area contributed by atoms with Gasteiger partial charge in [0.1, 0.15) is 5.75 Å². The van der Waals surface area contributed by atoms with Crippen LogP contribution in [0.4, 0.5) is 5.69 Å². The largest absolute Gasteiger partial charge is 0.493 e. The Balaban J connectivity index is 2.46. The molecular weight excluding hydrogens is 298 g/mol. The number of hydrogen-bond donors (Lipinski definition) is 1. The molecule has 2 rings (SSSR count). The maximum Gasteiger partial charge on any atom is 0.234 e. The smallest absolute Gasteiger partial charge is 0.234 e. The van der Waals surface area contributed by atoms with Gasteiger partial charge in [0.2, 0.25) is 5.78 Å². The van der Waals surface area contributed by atoms with Crippen LogP contribution in [-0.2, 0) is 0 Å². The predicted octanol–water partition coefficient (Wildman–Crippen LogP) is 3.25. The summed E-state index contributed by atoms with van der Waals surface area (Å²) in [5.41, 5.74) is 6.55. The maximum absolute atomic E-state index is 12.3. The Morgan fingerprint density at radius 3 is 2.78 bits per heavy atom. The molecule has 94 valence electrons. The summed E-state index contributed by atoms with van der Waals surface area (Å²) in [6.45, 7) is 2.31. The van der Waals surface area contributed by atoms with Crippen LogP contribution in [0.25, 0.3) is 0 Å². The van der Waals surface area contributed by atoms with E-state index in [-0.39, 0.29) is 11.5 Å². The molecular formula is C13H12BrNO3. The number of ketones is 1. The van der Waals surface area contributed by atoms with E-state index in [1.807, 2.05) is 6.92 Å². The highest BCUT2D eigenvalue weighted by Crippen LogP contribution is 2.28. The fourth-order valence-corrected chi connectivity index (χ4v) is 1.93.